The molecule has 0 aromatic heterocycles. The molecule has 2 aromatic rings. The van der Waals surface area contributed by atoms with Gasteiger partial charge in [0.2, 0.25) is 0 Å². The van der Waals surface area contributed by atoms with Crippen LogP contribution >= 0.6 is 11.6 Å². The quantitative estimate of drug-likeness (QED) is 0.891. The molecule has 1 nitrogen and oxygen atoms in total. The Kier molecular flexibility index (Phi) is 4.11. The molecule has 1 unspecified atom stereocenters. The number of aryl methyl sites for hydroxylation is 1. The molecule has 0 radical (unpaired) electrons. The Morgan fingerprint density at radius 1 is 1.15 bits per heavy atom. The molecule has 2 aromatic carbocycles. The first-order valence-electron chi connectivity index (χ1n) is 6.23. The van der Waals surface area contributed by atoms with Crippen molar-refractivity contribution in [3.63, 3.8) is 0 Å². The summed E-state index contributed by atoms with van der Waals surface area (Å²) in [4.78, 5) is 0. The fourth-order valence-electron chi connectivity index (χ4n) is 2.09. The lowest BCUT2D eigenvalue weighted by molar-refractivity contribution is 0.0572. The van der Waals surface area contributed by atoms with Crippen LogP contribution in [-0.4, -0.2) is 5.11 Å². The number of hydrogen-bond acceptors (Lipinski definition) is 1. The van der Waals surface area contributed by atoms with Gasteiger partial charge in [0.05, 0.1) is 10.6 Å². The molecule has 0 saturated carbocycles. The molecule has 0 fully saturated rings. The molecule has 1 atom stereocenters. The molecule has 0 saturated heterocycles. The molecule has 0 aliphatic rings. The largest absolute Gasteiger partial charge is 0.385 e. The standard InChI is InChI=1S/C16H15ClF2O/c1-10-6-7-12(8-14(10)19)16(2,20)9-11-4-3-5-13(18)15(11)17/h3-8,20H,9H2,1-2H3. The van der Waals surface area contributed by atoms with E-state index in [1.165, 1.54) is 18.2 Å². The molecular weight excluding hydrogens is 282 g/mol. The Balaban J connectivity index is 2.35. The average Bonchev–Trinajstić information content (AvgIpc) is 2.38. The molecule has 0 aliphatic carbocycles. The maximum Gasteiger partial charge on any atom is 0.142 e. The van der Waals surface area contributed by atoms with E-state index >= 15 is 0 Å². The average molecular weight is 297 g/mol. The number of halogens is 3. The smallest absolute Gasteiger partial charge is 0.142 e. The zero-order valence-corrected chi connectivity index (χ0v) is 12.0. The summed E-state index contributed by atoms with van der Waals surface area (Å²) in [6.07, 6.45) is 0.103. The van der Waals surface area contributed by atoms with Gasteiger partial charge < -0.3 is 5.11 Å². The van der Waals surface area contributed by atoms with Crippen molar-refractivity contribution in [1.82, 2.24) is 0 Å². The van der Waals surface area contributed by atoms with E-state index in [1.54, 1.807) is 32.0 Å². The van der Waals surface area contributed by atoms with Crippen LogP contribution in [0.25, 0.3) is 0 Å². The Hall–Kier alpha value is -1.45. The fourth-order valence-corrected chi connectivity index (χ4v) is 2.28. The third-order valence-electron chi connectivity index (χ3n) is 3.36. The van der Waals surface area contributed by atoms with Crippen molar-refractivity contribution in [2.75, 3.05) is 0 Å². The van der Waals surface area contributed by atoms with Crippen molar-refractivity contribution in [1.29, 1.82) is 0 Å². The second kappa shape index (κ2) is 5.51. The van der Waals surface area contributed by atoms with Gasteiger partial charge in [0.1, 0.15) is 11.6 Å². The zero-order chi connectivity index (χ0) is 14.9. The highest BCUT2D eigenvalue weighted by Crippen LogP contribution is 2.30. The van der Waals surface area contributed by atoms with Crippen molar-refractivity contribution in [3.8, 4) is 0 Å². The van der Waals surface area contributed by atoms with E-state index in [-0.39, 0.29) is 17.3 Å². The van der Waals surface area contributed by atoms with E-state index in [2.05, 4.69) is 0 Å². The molecule has 0 aliphatic heterocycles. The van der Waals surface area contributed by atoms with Crippen LogP contribution in [0.3, 0.4) is 0 Å². The van der Waals surface area contributed by atoms with Gasteiger partial charge in [-0.15, -0.1) is 0 Å². The Labute approximate surface area is 121 Å². The van der Waals surface area contributed by atoms with E-state index in [0.29, 0.717) is 16.7 Å². The summed E-state index contributed by atoms with van der Waals surface area (Å²) >= 11 is 5.88. The molecular formula is C16H15ClF2O. The van der Waals surface area contributed by atoms with Crippen LogP contribution in [0, 0.1) is 18.6 Å². The highest BCUT2D eigenvalue weighted by Gasteiger charge is 2.26. The molecule has 0 bridgehead atoms. The molecule has 0 amide bonds. The topological polar surface area (TPSA) is 20.2 Å². The number of hydrogen-bond donors (Lipinski definition) is 1. The molecule has 0 spiro atoms. The minimum Gasteiger partial charge on any atom is -0.385 e. The zero-order valence-electron chi connectivity index (χ0n) is 11.3. The lowest BCUT2D eigenvalue weighted by atomic mass is 9.88. The summed E-state index contributed by atoms with van der Waals surface area (Å²) in [7, 11) is 0. The van der Waals surface area contributed by atoms with Gasteiger partial charge in [-0.25, -0.2) is 8.78 Å². The van der Waals surface area contributed by atoms with Crippen LogP contribution in [0.2, 0.25) is 5.02 Å². The van der Waals surface area contributed by atoms with Crippen molar-refractivity contribution >= 4 is 11.6 Å². The minimum absolute atomic E-state index is 0.0136. The maximum absolute atomic E-state index is 13.6. The van der Waals surface area contributed by atoms with E-state index in [9.17, 15) is 13.9 Å². The molecule has 1 N–H and O–H groups in total. The van der Waals surface area contributed by atoms with Crippen molar-refractivity contribution in [2.45, 2.75) is 25.9 Å². The van der Waals surface area contributed by atoms with Gasteiger partial charge in [-0.05, 0) is 42.7 Å². The second-order valence-electron chi connectivity index (χ2n) is 5.13. The Bertz CT molecular complexity index is 638. The molecule has 2 rings (SSSR count). The monoisotopic (exact) mass is 296 g/mol. The van der Waals surface area contributed by atoms with Gasteiger partial charge in [-0.2, -0.15) is 0 Å². The predicted molar refractivity (Wildman–Crippen MR) is 75.8 cm³/mol. The summed E-state index contributed by atoms with van der Waals surface area (Å²) in [6, 6.07) is 8.99. The highest BCUT2D eigenvalue weighted by atomic mass is 35.5. The first kappa shape index (κ1) is 14.9. The third kappa shape index (κ3) is 3.00. The SMILES string of the molecule is Cc1ccc(C(C)(O)Cc2cccc(F)c2Cl)cc1F. The number of benzene rings is 2. The maximum atomic E-state index is 13.6. The highest BCUT2D eigenvalue weighted by molar-refractivity contribution is 6.31. The first-order valence-corrected chi connectivity index (χ1v) is 6.61. The first-order chi connectivity index (χ1) is 9.31. The van der Waals surface area contributed by atoms with Crippen LogP contribution in [0.5, 0.6) is 0 Å². The van der Waals surface area contributed by atoms with Crippen molar-refractivity contribution in [3.05, 3.63) is 69.7 Å². The third-order valence-corrected chi connectivity index (χ3v) is 3.78. The molecule has 20 heavy (non-hydrogen) atoms. The predicted octanol–water partition coefficient (Wildman–Crippen LogP) is 4.38. The number of aliphatic hydroxyl groups is 1. The summed E-state index contributed by atoms with van der Waals surface area (Å²) in [5, 5.41) is 10.5. The molecule has 106 valence electrons. The minimum atomic E-state index is -1.33. The van der Waals surface area contributed by atoms with Crippen molar-refractivity contribution < 1.29 is 13.9 Å². The van der Waals surface area contributed by atoms with Gasteiger partial charge in [-0.3, -0.25) is 0 Å². The van der Waals surface area contributed by atoms with Crippen LogP contribution < -0.4 is 0 Å². The summed E-state index contributed by atoms with van der Waals surface area (Å²) in [5.41, 5.74) is 0.0957. The Morgan fingerprint density at radius 2 is 1.85 bits per heavy atom. The normalized spacial score (nSPS) is 14.1. The van der Waals surface area contributed by atoms with Gasteiger partial charge in [0.25, 0.3) is 0 Å². The van der Waals surface area contributed by atoms with E-state index < -0.39 is 11.4 Å². The van der Waals surface area contributed by atoms with Gasteiger partial charge >= 0.3 is 0 Å². The fraction of sp³-hybridized carbons (Fsp3) is 0.250. The van der Waals surface area contributed by atoms with Crippen molar-refractivity contribution in [2.24, 2.45) is 0 Å². The van der Waals surface area contributed by atoms with E-state index in [4.69, 9.17) is 11.6 Å². The van der Waals surface area contributed by atoms with Gasteiger partial charge in [0, 0.05) is 6.42 Å². The van der Waals surface area contributed by atoms with E-state index in [0.717, 1.165) is 0 Å². The summed E-state index contributed by atoms with van der Waals surface area (Å²) in [6.45, 7) is 3.20. The van der Waals surface area contributed by atoms with Gasteiger partial charge in [0.15, 0.2) is 0 Å². The van der Waals surface area contributed by atoms with E-state index in [1.807, 2.05) is 0 Å². The van der Waals surface area contributed by atoms with Crippen LogP contribution in [0.1, 0.15) is 23.6 Å². The molecule has 0 heterocycles. The Morgan fingerprint density at radius 3 is 2.50 bits per heavy atom. The lowest BCUT2D eigenvalue weighted by Crippen LogP contribution is -2.24. The summed E-state index contributed by atoms with van der Waals surface area (Å²) in [5.74, 6) is -0.914. The molecule has 4 heteroatoms. The lowest BCUT2D eigenvalue weighted by Gasteiger charge is -2.25. The van der Waals surface area contributed by atoms with Crippen LogP contribution in [-0.2, 0) is 12.0 Å². The second-order valence-corrected chi connectivity index (χ2v) is 5.51. The summed E-state index contributed by atoms with van der Waals surface area (Å²) < 4.78 is 27.0. The van der Waals surface area contributed by atoms with Gasteiger partial charge in [-0.1, -0.05) is 35.9 Å². The van der Waals surface area contributed by atoms with Crippen LogP contribution in [0.15, 0.2) is 36.4 Å². The number of rotatable bonds is 3. The van der Waals surface area contributed by atoms with Crippen LogP contribution in [0.4, 0.5) is 8.78 Å².